The maximum Gasteiger partial charge on any atom is 0.0286 e. The molecule has 2 nitrogen and oxygen atoms in total. The van der Waals surface area contributed by atoms with Crippen molar-refractivity contribution in [3.05, 3.63) is 24.6 Å². The van der Waals surface area contributed by atoms with Gasteiger partial charge >= 0.3 is 0 Å². The molecule has 0 spiro atoms. The zero-order valence-electron chi connectivity index (χ0n) is 4.18. The van der Waals surface area contributed by atoms with Gasteiger partial charge in [-0.05, 0) is 6.08 Å². The molecule has 0 fully saturated rings. The lowest BCUT2D eigenvalue weighted by Gasteiger charge is -2.14. The highest BCUT2D eigenvalue weighted by atomic mass is 15.5. The van der Waals surface area contributed by atoms with E-state index in [9.17, 15) is 0 Å². The van der Waals surface area contributed by atoms with Crippen molar-refractivity contribution >= 4 is 0 Å². The molecule has 0 aromatic rings. The molecule has 0 aliphatic carbocycles. The molecule has 1 N–H and O–H groups in total. The van der Waals surface area contributed by atoms with Gasteiger partial charge in [-0.1, -0.05) is 0 Å². The number of hydrogen-bond acceptors (Lipinski definition) is 2. The lowest BCUT2D eigenvalue weighted by atomic mass is 10.5. The van der Waals surface area contributed by atoms with Crippen molar-refractivity contribution in [1.82, 2.24) is 10.4 Å². The molecule has 0 amide bonds. The largest absolute Gasteiger partial charge is 0.306 e. The van der Waals surface area contributed by atoms with Crippen LogP contribution in [0.15, 0.2) is 18.5 Å². The van der Waals surface area contributed by atoms with E-state index in [1.54, 1.807) is 0 Å². The fourth-order valence-corrected chi connectivity index (χ4v) is 0.395. The van der Waals surface area contributed by atoms with Crippen LogP contribution in [-0.4, -0.2) is 12.1 Å². The Morgan fingerprint density at radius 1 is 1.71 bits per heavy atom. The molecule has 0 aromatic carbocycles. The summed E-state index contributed by atoms with van der Waals surface area (Å²) in [5, 5.41) is 1.82. The van der Waals surface area contributed by atoms with E-state index in [1.165, 1.54) is 0 Å². The van der Waals surface area contributed by atoms with Gasteiger partial charge in [-0.3, -0.25) is 5.01 Å². The Hall–Kier alpha value is -0.920. The van der Waals surface area contributed by atoms with Crippen LogP contribution in [0, 0.1) is 6.08 Å². The molecule has 1 aliphatic rings. The fourth-order valence-electron chi connectivity index (χ4n) is 0.395. The van der Waals surface area contributed by atoms with Gasteiger partial charge in [0.15, 0.2) is 0 Å². The van der Waals surface area contributed by atoms with E-state index < -0.39 is 0 Å². The Labute approximate surface area is 43.1 Å². The minimum absolute atomic E-state index is 1.82. The molecular weight excluding hydrogens is 88.1 g/mol. The zero-order chi connectivity index (χ0) is 5.11. The lowest BCUT2D eigenvalue weighted by Crippen LogP contribution is -2.25. The fraction of sp³-hybridized carbons (Fsp3) is 0.200. The van der Waals surface area contributed by atoms with Crippen molar-refractivity contribution in [3.8, 4) is 0 Å². The summed E-state index contributed by atoms with van der Waals surface area (Å²) in [4.78, 5) is 0. The topological polar surface area (TPSA) is 15.3 Å². The molecule has 1 aliphatic heterocycles. The predicted molar refractivity (Wildman–Crippen MR) is 27.9 cm³/mol. The maximum atomic E-state index is 2.92. The smallest absolute Gasteiger partial charge is 0.0286 e. The van der Waals surface area contributed by atoms with Gasteiger partial charge in [0.05, 0.1) is 0 Å². The van der Waals surface area contributed by atoms with Crippen LogP contribution >= 0.6 is 0 Å². The van der Waals surface area contributed by atoms with Crippen LogP contribution in [0.4, 0.5) is 0 Å². The van der Waals surface area contributed by atoms with E-state index >= 15 is 0 Å². The third-order valence-corrected chi connectivity index (χ3v) is 0.726. The Bertz CT molecular complexity index is 105. The highest BCUT2D eigenvalue weighted by molar-refractivity contribution is 4.96. The number of nitrogens with zero attached hydrogens (tertiary/aromatic N) is 1. The zero-order valence-corrected chi connectivity index (χ0v) is 4.18. The van der Waals surface area contributed by atoms with Gasteiger partial charge in [-0.25, -0.2) is 0 Å². The molecule has 7 heavy (non-hydrogen) atoms. The van der Waals surface area contributed by atoms with Gasteiger partial charge in [-0.2, -0.15) is 0 Å². The van der Waals surface area contributed by atoms with E-state index in [4.69, 9.17) is 0 Å². The summed E-state index contributed by atoms with van der Waals surface area (Å²) in [7, 11) is 1.91. The van der Waals surface area contributed by atoms with Gasteiger partial charge in [-0.15, -0.1) is 0 Å². The standard InChI is InChI=1S/C5H7N2/c1-7-5-3-2-4-6-7/h2,4-6H,1H3. The summed E-state index contributed by atoms with van der Waals surface area (Å²) in [6.45, 7) is 0. The van der Waals surface area contributed by atoms with E-state index in [2.05, 4.69) is 11.5 Å². The summed E-state index contributed by atoms with van der Waals surface area (Å²) < 4.78 is 0. The average molecular weight is 95.1 g/mol. The minimum Gasteiger partial charge on any atom is -0.306 e. The lowest BCUT2D eigenvalue weighted by molar-refractivity contribution is 0.380. The Morgan fingerprint density at radius 3 is 2.86 bits per heavy atom. The molecule has 1 rings (SSSR count). The molecule has 0 bridgehead atoms. The van der Waals surface area contributed by atoms with E-state index in [0.717, 1.165) is 0 Å². The van der Waals surface area contributed by atoms with Crippen molar-refractivity contribution in [2.45, 2.75) is 0 Å². The van der Waals surface area contributed by atoms with Crippen LogP contribution in [0.2, 0.25) is 0 Å². The summed E-state index contributed by atoms with van der Waals surface area (Å²) in [6.07, 6.45) is 8.35. The molecule has 0 atom stereocenters. The second-order valence-electron chi connectivity index (χ2n) is 1.37. The molecule has 37 valence electrons. The van der Waals surface area contributed by atoms with Crippen molar-refractivity contribution in [2.75, 3.05) is 7.05 Å². The van der Waals surface area contributed by atoms with Crippen LogP contribution in [0.5, 0.6) is 0 Å². The highest BCUT2D eigenvalue weighted by Crippen LogP contribution is 1.84. The summed E-state index contributed by atoms with van der Waals surface area (Å²) >= 11 is 0. The van der Waals surface area contributed by atoms with Crippen LogP contribution in [-0.2, 0) is 0 Å². The van der Waals surface area contributed by atoms with Crippen LogP contribution in [0.1, 0.15) is 0 Å². The second-order valence-corrected chi connectivity index (χ2v) is 1.37. The van der Waals surface area contributed by atoms with E-state index in [0.29, 0.717) is 0 Å². The molecular formula is C5H7N2. The Kier molecular flexibility index (Phi) is 1.02. The van der Waals surface area contributed by atoms with Crippen molar-refractivity contribution in [2.24, 2.45) is 0 Å². The number of allylic oxidation sites excluding steroid dienone is 2. The SMILES string of the molecule is CN1C=[C]C=CN1. The van der Waals surface area contributed by atoms with Gasteiger partial charge in [0.1, 0.15) is 0 Å². The first-order chi connectivity index (χ1) is 3.39. The summed E-state index contributed by atoms with van der Waals surface area (Å²) in [6, 6.07) is 0. The molecule has 1 radical (unpaired) electrons. The number of nitrogens with one attached hydrogen (secondary N) is 1. The Morgan fingerprint density at radius 2 is 2.57 bits per heavy atom. The maximum absolute atomic E-state index is 2.92. The van der Waals surface area contributed by atoms with Gasteiger partial charge in [0, 0.05) is 25.5 Å². The van der Waals surface area contributed by atoms with Crippen molar-refractivity contribution in [3.63, 3.8) is 0 Å². The number of hydrogen-bond donors (Lipinski definition) is 1. The van der Waals surface area contributed by atoms with Crippen molar-refractivity contribution in [1.29, 1.82) is 0 Å². The molecule has 0 aromatic heterocycles. The predicted octanol–water partition coefficient (Wildman–Crippen LogP) is 0.267. The van der Waals surface area contributed by atoms with Gasteiger partial charge in [0.2, 0.25) is 0 Å². The van der Waals surface area contributed by atoms with Crippen LogP contribution in [0.3, 0.4) is 0 Å². The van der Waals surface area contributed by atoms with Gasteiger partial charge in [0.25, 0.3) is 0 Å². The summed E-state index contributed by atoms with van der Waals surface area (Å²) in [5.74, 6) is 0. The molecule has 0 saturated carbocycles. The van der Waals surface area contributed by atoms with E-state index in [1.807, 2.05) is 30.5 Å². The third kappa shape index (κ3) is 0.961. The first-order valence-electron chi connectivity index (χ1n) is 2.13. The first-order valence-corrected chi connectivity index (χ1v) is 2.13. The number of rotatable bonds is 0. The highest BCUT2D eigenvalue weighted by Gasteiger charge is 1.84. The summed E-state index contributed by atoms with van der Waals surface area (Å²) in [5.41, 5.74) is 2.92. The van der Waals surface area contributed by atoms with Crippen molar-refractivity contribution < 1.29 is 0 Å². The molecule has 1 heterocycles. The minimum atomic E-state index is 1.82. The Balaban J connectivity index is 2.49. The normalized spacial score (nSPS) is 17.0. The second kappa shape index (κ2) is 1.69. The average Bonchev–Trinajstić information content (AvgIpc) is 1.69. The first kappa shape index (κ1) is 4.24. The number of hydrazine groups is 1. The monoisotopic (exact) mass is 95.1 g/mol. The van der Waals surface area contributed by atoms with Gasteiger partial charge < -0.3 is 5.43 Å². The van der Waals surface area contributed by atoms with Crippen LogP contribution in [0.25, 0.3) is 0 Å². The molecule has 0 unspecified atom stereocenters. The van der Waals surface area contributed by atoms with Crippen LogP contribution < -0.4 is 5.43 Å². The molecule has 2 heteroatoms. The third-order valence-electron chi connectivity index (χ3n) is 0.726. The molecule has 0 saturated heterocycles. The van der Waals surface area contributed by atoms with E-state index in [-0.39, 0.29) is 0 Å². The quantitative estimate of drug-likeness (QED) is 0.464.